The van der Waals surface area contributed by atoms with E-state index in [0.717, 1.165) is 5.70 Å². The normalized spacial score (nSPS) is 20.4. The fraction of sp³-hybridized carbons (Fsp3) is 0.125. The number of aliphatic hydroxyl groups excluding tert-OH is 1. The molecule has 0 saturated heterocycles. The van der Waals surface area contributed by atoms with Crippen LogP contribution in [0.1, 0.15) is 0 Å². The second kappa shape index (κ2) is 3.61. The van der Waals surface area contributed by atoms with Gasteiger partial charge in [-0.1, -0.05) is 24.8 Å². The molecule has 0 bridgehead atoms. The standard InChI is InChI=1S/C8H10N2O/c1-2-3-4-5-7-6-9-8(11)10-7/h2-5H,1,6H2,(H2,9,10,11)/b4-3-,7-5+. The van der Waals surface area contributed by atoms with E-state index in [1.807, 2.05) is 12.2 Å². The molecular weight excluding hydrogens is 140 g/mol. The first kappa shape index (κ1) is 7.60. The zero-order valence-electron chi connectivity index (χ0n) is 6.12. The quantitative estimate of drug-likeness (QED) is 0.579. The van der Waals surface area contributed by atoms with Crippen molar-refractivity contribution in [2.45, 2.75) is 0 Å². The Kier molecular flexibility index (Phi) is 2.49. The second-order valence-corrected chi connectivity index (χ2v) is 2.07. The van der Waals surface area contributed by atoms with Crippen LogP contribution >= 0.6 is 0 Å². The number of aliphatic imine (C=N–C) groups is 1. The summed E-state index contributed by atoms with van der Waals surface area (Å²) in [6.07, 6.45) is 7.13. The molecular formula is C8H10N2O. The summed E-state index contributed by atoms with van der Waals surface area (Å²) in [6.45, 7) is 4.11. The van der Waals surface area contributed by atoms with Crippen molar-refractivity contribution in [2.24, 2.45) is 4.99 Å². The van der Waals surface area contributed by atoms with Gasteiger partial charge >= 0.3 is 0 Å². The first-order chi connectivity index (χ1) is 5.33. The molecule has 11 heavy (non-hydrogen) atoms. The Morgan fingerprint density at radius 1 is 1.55 bits per heavy atom. The van der Waals surface area contributed by atoms with Crippen LogP contribution in [-0.4, -0.2) is 17.7 Å². The summed E-state index contributed by atoms with van der Waals surface area (Å²) in [7, 11) is 0. The van der Waals surface area contributed by atoms with Crippen LogP contribution in [0.2, 0.25) is 0 Å². The average molecular weight is 150 g/mol. The van der Waals surface area contributed by atoms with E-state index in [1.165, 1.54) is 0 Å². The molecule has 0 aromatic carbocycles. The van der Waals surface area contributed by atoms with Crippen LogP contribution in [0.4, 0.5) is 0 Å². The lowest BCUT2D eigenvalue weighted by molar-refractivity contribution is 0.528. The third kappa shape index (κ3) is 2.29. The zero-order chi connectivity index (χ0) is 8.10. The number of allylic oxidation sites excluding steroid dienone is 4. The highest BCUT2D eigenvalue weighted by molar-refractivity contribution is 5.75. The molecule has 3 nitrogen and oxygen atoms in total. The smallest absolute Gasteiger partial charge is 0.287 e. The van der Waals surface area contributed by atoms with Gasteiger partial charge in [0.25, 0.3) is 6.02 Å². The Balaban J connectivity index is 2.55. The van der Waals surface area contributed by atoms with E-state index in [2.05, 4.69) is 16.9 Å². The largest absolute Gasteiger partial charge is 0.481 e. The first-order valence-electron chi connectivity index (χ1n) is 3.32. The van der Waals surface area contributed by atoms with E-state index < -0.39 is 0 Å². The molecule has 0 fully saturated rings. The minimum atomic E-state index is -0.0109. The van der Waals surface area contributed by atoms with E-state index in [1.54, 1.807) is 12.2 Å². The predicted molar refractivity (Wildman–Crippen MR) is 45.5 cm³/mol. The summed E-state index contributed by atoms with van der Waals surface area (Å²) in [6, 6.07) is -0.0109. The lowest BCUT2D eigenvalue weighted by atomic mass is 10.4. The van der Waals surface area contributed by atoms with Crippen molar-refractivity contribution >= 4 is 6.02 Å². The van der Waals surface area contributed by atoms with Crippen LogP contribution in [0, 0.1) is 0 Å². The minimum absolute atomic E-state index is 0.0109. The van der Waals surface area contributed by atoms with Crippen molar-refractivity contribution in [3.63, 3.8) is 0 Å². The lowest BCUT2D eigenvalue weighted by Gasteiger charge is -1.86. The molecule has 58 valence electrons. The second-order valence-electron chi connectivity index (χ2n) is 2.07. The van der Waals surface area contributed by atoms with Gasteiger partial charge in [-0.25, -0.2) is 4.99 Å². The molecule has 2 N–H and O–H groups in total. The molecule has 3 heteroatoms. The fourth-order valence-corrected chi connectivity index (χ4v) is 0.726. The van der Waals surface area contributed by atoms with Crippen molar-refractivity contribution < 1.29 is 5.11 Å². The molecule has 1 rings (SSSR count). The van der Waals surface area contributed by atoms with Gasteiger partial charge in [0.05, 0.1) is 12.2 Å². The van der Waals surface area contributed by atoms with Gasteiger partial charge in [-0.2, -0.15) is 0 Å². The maximum Gasteiger partial charge on any atom is 0.287 e. The Morgan fingerprint density at radius 3 is 2.91 bits per heavy atom. The summed E-state index contributed by atoms with van der Waals surface area (Å²) in [5.74, 6) is 0. The number of aliphatic hydroxyl groups is 1. The third-order valence-electron chi connectivity index (χ3n) is 1.21. The van der Waals surface area contributed by atoms with Crippen molar-refractivity contribution in [1.82, 2.24) is 5.32 Å². The van der Waals surface area contributed by atoms with Crippen molar-refractivity contribution in [3.05, 3.63) is 36.6 Å². The van der Waals surface area contributed by atoms with Gasteiger partial charge in [-0.3, -0.25) is 0 Å². The van der Waals surface area contributed by atoms with Crippen LogP contribution in [-0.2, 0) is 0 Å². The van der Waals surface area contributed by atoms with Crippen LogP contribution in [0.25, 0.3) is 0 Å². The fourth-order valence-electron chi connectivity index (χ4n) is 0.726. The minimum Gasteiger partial charge on any atom is -0.481 e. The SMILES string of the molecule is C=C/C=C\C=C1/CNC(O)=N1. The molecule has 0 saturated carbocycles. The number of nitrogens with one attached hydrogen (secondary N) is 1. The average Bonchev–Trinajstić information content (AvgIpc) is 2.37. The first-order valence-corrected chi connectivity index (χ1v) is 3.32. The monoisotopic (exact) mass is 150 g/mol. The number of amidine groups is 1. The maximum absolute atomic E-state index is 8.81. The molecule has 0 spiro atoms. The van der Waals surface area contributed by atoms with Gasteiger partial charge in [-0.15, -0.1) is 0 Å². The Labute approximate surface area is 65.5 Å². The lowest BCUT2D eigenvalue weighted by Crippen LogP contribution is -2.16. The van der Waals surface area contributed by atoms with Gasteiger partial charge < -0.3 is 10.4 Å². The number of hydrogen-bond acceptors (Lipinski definition) is 2. The predicted octanol–water partition coefficient (Wildman–Crippen LogP) is 1.13. The molecule has 0 unspecified atom stereocenters. The Hall–Kier alpha value is -1.51. The highest BCUT2D eigenvalue weighted by Gasteiger charge is 2.05. The molecule has 1 aliphatic heterocycles. The van der Waals surface area contributed by atoms with Gasteiger partial charge in [-0.05, 0) is 6.08 Å². The summed E-state index contributed by atoms with van der Waals surface area (Å²) < 4.78 is 0. The molecule has 1 heterocycles. The third-order valence-corrected chi connectivity index (χ3v) is 1.21. The van der Waals surface area contributed by atoms with Crippen molar-refractivity contribution in [1.29, 1.82) is 0 Å². The van der Waals surface area contributed by atoms with E-state index in [0.29, 0.717) is 6.54 Å². The van der Waals surface area contributed by atoms with Crippen LogP contribution in [0.3, 0.4) is 0 Å². The Morgan fingerprint density at radius 2 is 2.36 bits per heavy atom. The molecule has 1 aliphatic rings. The molecule has 0 aliphatic carbocycles. The van der Waals surface area contributed by atoms with E-state index in [-0.39, 0.29) is 6.02 Å². The molecule has 0 aromatic heterocycles. The summed E-state index contributed by atoms with van der Waals surface area (Å²) in [4.78, 5) is 3.80. The molecule has 0 aromatic rings. The highest BCUT2D eigenvalue weighted by Crippen LogP contribution is 2.00. The van der Waals surface area contributed by atoms with E-state index in [4.69, 9.17) is 5.11 Å². The van der Waals surface area contributed by atoms with Crippen molar-refractivity contribution in [2.75, 3.05) is 6.54 Å². The Bertz CT molecular complexity index is 238. The topological polar surface area (TPSA) is 44.6 Å². The van der Waals surface area contributed by atoms with Crippen LogP contribution in [0.5, 0.6) is 0 Å². The molecule has 0 amide bonds. The number of nitrogens with zero attached hydrogens (tertiary/aromatic N) is 1. The highest BCUT2D eigenvalue weighted by atomic mass is 16.3. The summed E-state index contributed by atoms with van der Waals surface area (Å²) in [5, 5.41) is 11.5. The van der Waals surface area contributed by atoms with Gasteiger partial charge in [0.2, 0.25) is 0 Å². The summed E-state index contributed by atoms with van der Waals surface area (Å²) in [5.41, 5.74) is 0.820. The van der Waals surface area contributed by atoms with E-state index in [9.17, 15) is 0 Å². The van der Waals surface area contributed by atoms with Crippen LogP contribution < -0.4 is 5.32 Å². The summed E-state index contributed by atoms with van der Waals surface area (Å²) >= 11 is 0. The van der Waals surface area contributed by atoms with Gasteiger partial charge in [0.15, 0.2) is 0 Å². The van der Waals surface area contributed by atoms with Gasteiger partial charge in [0.1, 0.15) is 0 Å². The maximum atomic E-state index is 8.81. The number of rotatable bonds is 2. The van der Waals surface area contributed by atoms with Crippen LogP contribution in [0.15, 0.2) is 41.6 Å². The molecule has 0 radical (unpaired) electrons. The number of hydrogen-bond donors (Lipinski definition) is 2. The van der Waals surface area contributed by atoms with Crippen molar-refractivity contribution in [3.8, 4) is 0 Å². The van der Waals surface area contributed by atoms with E-state index >= 15 is 0 Å². The molecule has 0 atom stereocenters. The van der Waals surface area contributed by atoms with Gasteiger partial charge in [0, 0.05) is 0 Å². The zero-order valence-corrected chi connectivity index (χ0v) is 6.12.